The van der Waals surface area contributed by atoms with Gasteiger partial charge in [0, 0.05) is 17.6 Å². The second-order valence-corrected chi connectivity index (χ2v) is 6.97. The van der Waals surface area contributed by atoms with Gasteiger partial charge < -0.3 is 19.3 Å². The van der Waals surface area contributed by atoms with E-state index in [4.69, 9.17) is 14.2 Å². The van der Waals surface area contributed by atoms with Crippen LogP contribution in [0.15, 0.2) is 66.3 Å². The summed E-state index contributed by atoms with van der Waals surface area (Å²) in [6.07, 6.45) is 2.41. The number of aliphatic carboxylic acids is 1. The predicted molar refractivity (Wildman–Crippen MR) is 120 cm³/mol. The second kappa shape index (κ2) is 12.1. The highest BCUT2D eigenvalue weighted by atomic mass is 16.5. The summed E-state index contributed by atoms with van der Waals surface area (Å²) in [5.74, 6) is -1.18. The van der Waals surface area contributed by atoms with Crippen molar-refractivity contribution < 1.29 is 33.7 Å². The van der Waals surface area contributed by atoms with Crippen LogP contribution in [-0.2, 0) is 14.3 Å². The molecule has 168 valence electrons. The zero-order chi connectivity index (χ0) is 23.5. The quantitative estimate of drug-likeness (QED) is 0.309. The molecule has 0 heterocycles. The van der Waals surface area contributed by atoms with E-state index in [1.165, 1.54) is 13.0 Å². The Morgan fingerprint density at radius 2 is 1.59 bits per heavy atom. The average Bonchev–Trinajstić information content (AvgIpc) is 2.78. The molecule has 2 aromatic rings. The number of carboxylic acid groups (broad SMARTS) is 1. The molecular formula is C25H26O7. The summed E-state index contributed by atoms with van der Waals surface area (Å²) in [6.45, 7) is 7.53. The average molecular weight is 438 g/mol. The van der Waals surface area contributed by atoms with Crippen LogP contribution in [0, 0.1) is 0 Å². The van der Waals surface area contributed by atoms with Gasteiger partial charge in [0.1, 0.15) is 11.5 Å². The third kappa shape index (κ3) is 7.75. The van der Waals surface area contributed by atoms with E-state index in [1.54, 1.807) is 48.5 Å². The third-order valence-electron chi connectivity index (χ3n) is 4.22. The van der Waals surface area contributed by atoms with Crippen molar-refractivity contribution in [2.45, 2.75) is 26.7 Å². The highest BCUT2D eigenvalue weighted by Gasteiger charge is 2.11. The number of carbonyl (C=O) groups excluding carboxylic acids is 2. The van der Waals surface area contributed by atoms with Crippen molar-refractivity contribution in [3.63, 3.8) is 0 Å². The molecule has 0 radical (unpaired) electrons. The van der Waals surface area contributed by atoms with Crippen LogP contribution >= 0.6 is 0 Å². The smallest absolute Gasteiger partial charge is 0.343 e. The molecule has 0 aliphatic heterocycles. The molecule has 2 aromatic carbocycles. The van der Waals surface area contributed by atoms with Gasteiger partial charge in [-0.05, 0) is 61.4 Å². The lowest BCUT2D eigenvalue weighted by Crippen LogP contribution is -2.10. The Morgan fingerprint density at radius 3 is 2.16 bits per heavy atom. The lowest BCUT2D eigenvalue weighted by Gasteiger charge is -2.07. The van der Waals surface area contributed by atoms with Crippen molar-refractivity contribution in [1.29, 1.82) is 0 Å². The van der Waals surface area contributed by atoms with Gasteiger partial charge in [-0.15, -0.1) is 0 Å². The van der Waals surface area contributed by atoms with Gasteiger partial charge in [-0.3, -0.25) is 0 Å². The van der Waals surface area contributed by atoms with Gasteiger partial charge in [0.15, 0.2) is 0 Å². The minimum absolute atomic E-state index is 0.0447. The lowest BCUT2D eigenvalue weighted by molar-refractivity contribution is -0.139. The SMILES string of the molecule is C=C(C)C(=O)OCCC(=Cc1ccc(OC(=O)c2ccc(OCCC)cc2)cc1)C(=O)O. The van der Waals surface area contributed by atoms with Crippen LogP contribution in [0.4, 0.5) is 0 Å². The van der Waals surface area contributed by atoms with Crippen LogP contribution in [0.5, 0.6) is 11.5 Å². The maximum absolute atomic E-state index is 12.3. The van der Waals surface area contributed by atoms with Gasteiger partial charge in [0.05, 0.1) is 18.8 Å². The van der Waals surface area contributed by atoms with Crippen molar-refractivity contribution in [2.24, 2.45) is 0 Å². The molecule has 0 unspecified atom stereocenters. The summed E-state index contributed by atoms with van der Waals surface area (Å²) in [7, 11) is 0. The van der Waals surface area contributed by atoms with Crippen LogP contribution in [0.25, 0.3) is 6.08 Å². The number of hydrogen-bond donors (Lipinski definition) is 1. The summed E-state index contributed by atoms with van der Waals surface area (Å²) < 4.78 is 15.8. The lowest BCUT2D eigenvalue weighted by atomic mass is 10.1. The molecule has 0 aliphatic carbocycles. The Kier molecular flexibility index (Phi) is 9.22. The Balaban J connectivity index is 1.98. The Labute approximate surface area is 186 Å². The zero-order valence-electron chi connectivity index (χ0n) is 18.1. The van der Waals surface area contributed by atoms with Crippen LogP contribution in [-0.4, -0.2) is 36.2 Å². The van der Waals surface area contributed by atoms with Crippen molar-refractivity contribution in [3.8, 4) is 11.5 Å². The topological polar surface area (TPSA) is 99.1 Å². The van der Waals surface area contributed by atoms with Gasteiger partial charge in [0.2, 0.25) is 0 Å². The normalized spacial score (nSPS) is 10.9. The minimum Gasteiger partial charge on any atom is -0.494 e. The van der Waals surface area contributed by atoms with Crippen molar-refractivity contribution in [1.82, 2.24) is 0 Å². The van der Waals surface area contributed by atoms with E-state index in [-0.39, 0.29) is 24.2 Å². The van der Waals surface area contributed by atoms with Crippen LogP contribution < -0.4 is 9.47 Å². The zero-order valence-corrected chi connectivity index (χ0v) is 18.1. The molecular weight excluding hydrogens is 412 g/mol. The highest BCUT2D eigenvalue weighted by Crippen LogP contribution is 2.19. The van der Waals surface area contributed by atoms with Crippen molar-refractivity contribution >= 4 is 24.0 Å². The van der Waals surface area contributed by atoms with E-state index in [0.29, 0.717) is 29.2 Å². The van der Waals surface area contributed by atoms with E-state index >= 15 is 0 Å². The van der Waals surface area contributed by atoms with E-state index in [2.05, 4.69) is 6.58 Å². The van der Waals surface area contributed by atoms with Gasteiger partial charge in [-0.1, -0.05) is 25.6 Å². The fourth-order valence-corrected chi connectivity index (χ4v) is 2.52. The molecule has 2 rings (SSSR count). The predicted octanol–water partition coefficient (Wildman–Crippen LogP) is 4.67. The molecule has 7 nitrogen and oxygen atoms in total. The van der Waals surface area contributed by atoms with E-state index < -0.39 is 17.9 Å². The van der Waals surface area contributed by atoms with Gasteiger partial charge >= 0.3 is 17.9 Å². The Morgan fingerprint density at radius 1 is 0.969 bits per heavy atom. The number of esters is 2. The van der Waals surface area contributed by atoms with Crippen molar-refractivity contribution in [2.75, 3.05) is 13.2 Å². The monoisotopic (exact) mass is 438 g/mol. The van der Waals surface area contributed by atoms with Crippen LogP contribution in [0.3, 0.4) is 0 Å². The first-order valence-corrected chi connectivity index (χ1v) is 10.1. The second-order valence-electron chi connectivity index (χ2n) is 6.97. The highest BCUT2D eigenvalue weighted by molar-refractivity contribution is 5.93. The van der Waals surface area contributed by atoms with Gasteiger partial charge in [0.25, 0.3) is 0 Å². The number of rotatable bonds is 11. The minimum atomic E-state index is -1.11. The number of carbonyl (C=O) groups is 3. The molecule has 0 fully saturated rings. The molecule has 0 bridgehead atoms. The fourth-order valence-electron chi connectivity index (χ4n) is 2.52. The summed E-state index contributed by atoms with van der Waals surface area (Å²) >= 11 is 0. The molecule has 0 atom stereocenters. The maximum atomic E-state index is 12.3. The van der Waals surface area contributed by atoms with Gasteiger partial charge in [-0.25, -0.2) is 14.4 Å². The number of carboxylic acids is 1. The molecule has 0 saturated heterocycles. The molecule has 32 heavy (non-hydrogen) atoms. The van der Waals surface area contributed by atoms with Crippen LogP contribution in [0.2, 0.25) is 0 Å². The Hall–Kier alpha value is -3.87. The summed E-state index contributed by atoms with van der Waals surface area (Å²) in [5, 5.41) is 9.37. The largest absolute Gasteiger partial charge is 0.494 e. The standard InChI is InChI=1S/C25H26O7/c1-4-14-30-21-11-7-19(8-12-21)25(29)32-22-9-5-18(6-10-22)16-20(23(26)27)13-15-31-24(28)17(2)3/h5-12,16H,2,4,13-15H2,1,3H3,(H,26,27). The summed E-state index contributed by atoms with van der Waals surface area (Å²) in [6, 6.07) is 13.1. The molecule has 0 aliphatic rings. The summed E-state index contributed by atoms with van der Waals surface area (Å²) in [4.78, 5) is 35.2. The summed E-state index contributed by atoms with van der Waals surface area (Å²) in [5.41, 5.74) is 1.31. The first-order valence-electron chi connectivity index (χ1n) is 10.1. The van der Waals surface area contributed by atoms with Crippen molar-refractivity contribution in [3.05, 3.63) is 77.4 Å². The first-order chi connectivity index (χ1) is 15.3. The van der Waals surface area contributed by atoms with E-state index in [0.717, 1.165) is 6.42 Å². The fraction of sp³-hybridized carbons (Fsp3) is 0.240. The van der Waals surface area contributed by atoms with Gasteiger partial charge in [-0.2, -0.15) is 0 Å². The Bertz CT molecular complexity index is 986. The molecule has 1 N–H and O–H groups in total. The number of ether oxygens (including phenoxy) is 3. The number of benzene rings is 2. The van der Waals surface area contributed by atoms with Crippen LogP contribution in [0.1, 0.15) is 42.6 Å². The number of hydrogen-bond acceptors (Lipinski definition) is 6. The maximum Gasteiger partial charge on any atom is 0.343 e. The molecule has 0 aromatic heterocycles. The molecule has 0 saturated carbocycles. The molecule has 7 heteroatoms. The molecule has 0 amide bonds. The van der Waals surface area contributed by atoms with E-state index in [9.17, 15) is 19.5 Å². The molecule has 0 spiro atoms. The third-order valence-corrected chi connectivity index (χ3v) is 4.22. The first kappa shape index (κ1) is 24.4. The van der Waals surface area contributed by atoms with E-state index in [1.807, 2.05) is 6.92 Å².